The number of carboxylic acid groups (broad SMARTS) is 1. The smallest absolute Gasteiger partial charge is 0.313 e. The maximum atomic E-state index is 10.7. The minimum Gasteiger partial charge on any atom is -0.481 e. The van der Waals surface area contributed by atoms with E-state index in [0.717, 1.165) is 38.1 Å². The third-order valence-electron chi connectivity index (χ3n) is 4.16. The Kier molecular flexibility index (Phi) is 3.72. The molecular weight excluding hydrogens is 278 g/mol. The van der Waals surface area contributed by atoms with E-state index < -0.39 is 5.97 Å². The van der Waals surface area contributed by atoms with Gasteiger partial charge < -0.3 is 14.4 Å². The molecule has 6 nitrogen and oxygen atoms in total. The Balaban J connectivity index is 1.81. The number of hydrogen-bond donors (Lipinski definition) is 1. The Bertz CT molecular complexity index is 503. The van der Waals surface area contributed by atoms with Gasteiger partial charge in [-0.05, 0) is 32.1 Å². The summed E-state index contributed by atoms with van der Waals surface area (Å²) >= 11 is 1.24. The molecule has 20 heavy (non-hydrogen) atoms. The van der Waals surface area contributed by atoms with Crippen molar-refractivity contribution in [3.05, 3.63) is 5.82 Å². The maximum Gasteiger partial charge on any atom is 0.313 e. The number of rotatable bonds is 7. The van der Waals surface area contributed by atoms with E-state index in [2.05, 4.69) is 14.8 Å². The molecule has 1 N–H and O–H groups in total. The van der Waals surface area contributed by atoms with Crippen LogP contribution in [0.25, 0.3) is 0 Å². The van der Waals surface area contributed by atoms with Gasteiger partial charge in [-0.1, -0.05) is 11.8 Å². The van der Waals surface area contributed by atoms with Crippen molar-refractivity contribution >= 4 is 17.7 Å². The van der Waals surface area contributed by atoms with Crippen molar-refractivity contribution in [2.24, 2.45) is 0 Å². The topological polar surface area (TPSA) is 77.2 Å². The van der Waals surface area contributed by atoms with Crippen LogP contribution < -0.4 is 0 Å². The average molecular weight is 297 g/mol. The summed E-state index contributed by atoms with van der Waals surface area (Å²) < 4.78 is 7.77. The molecule has 0 aromatic carbocycles. The molecule has 7 heteroatoms. The zero-order chi connectivity index (χ0) is 14.2. The first-order chi connectivity index (χ1) is 9.63. The predicted molar refractivity (Wildman–Crippen MR) is 73.9 cm³/mol. The number of aromatic nitrogens is 3. The van der Waals surface area contributed by atoms with Gasteiger partial charge in [-0.15, -0.1) is 10.2 Å². The van der Waals surface area contributed by atoms with Crippen molar-refractivity contribution in [3.63, 3.8) is 0 Å². The molecule has 2 aliphatic rings. The maximum absolute atomic E-state index is 10.7. The summed E-state index contributed by atoms with van der Waals surface area (Å²) in [5.74, 6) is 0.683. The van der Waals surface area contributed by atoms with E-state index in [9.17, 15) is 4.79 Å². The molecule has 2 fully saturated rings. The van der Waals surface area contributed by atoms with Crippen molar-refractivity contribution < 1.29 is 14.6 Å². The zero-order valence-corrected chi connectivity index (χ0v) is 12.4. The number of carboxylic acids is 1. The van der Waals surface area contributed by atoms with E-state index in [1.807, 2.05) is 0 Å². The summed E-state index contributed by atoms with van der Waals surface area (Å²) in [6.07, 6.45) is 5.60. The van der Waals surface area contributed by atoms with E-state index >= 15 is 0 Å². The molecule has 2 saturated carbocycles. The van der Waals surface area contributed by atoms with Crippen molar-refractivity contribution in [2.75, 3.05) is 12.9 Å². The van der Waals surface area contributed by atoms with Crippen LogP contribution in [0.1, 0.15) is 43.8 Å². The fourth-order valence-electron chi connectivity index (χ4n) is 2.61. The van der Waals surface area contributed by atoms with Gasteiger partial charge in [-0.25, -0.2) is 0 Å². The van der Waals surface area contributed by atoms with Crippen LogP contribution in [0.15, 0.2) is 5.16 Å². The molecule has 0 atom stereocenters. The Morgan fingerprint density at radius 3 is 2.75 bits per heavy atom. The van der Waals surface area contributed by atoms with Gasteiger partial charge in [0.2, 0.25) is 0 Å². The monoisotopic (exact) mass is 297 g/mol. The normalized spacial score (nSPS) is 20.6. The highest BCUT2D eigenvalue weighted by Crippen LogP contribution is 2.43. The lowest BCUT2D eigenvalue weighted by Crippen LogP contribution is -2.43. The largest absolute Gasteiger partial charge is 0.481 e. The van der Waals surface area contributed by atoms with Gasteiger partial charge in [0.15, 0.2) is 5.16 Å². The van der Waals surface area contributed by atoms with Crippen molar-refractivity contribution in [1.29, 1.82) is 0 Å². The molecule has 0 bridgehead atoms. The Labute approximate surface area is 121 Å². The minimum atomic E-state index is -0.831. The summed E-state index contributed by atoms with van der Waals surface area (Å²) in [4.78, 5) is 10.7. The molecule has 0 radical (unpaired) electrons. The molecule has 110 valence electrons. The first kappa shape index (κ1) is 13.9. The van der Waals surface area contributed by atoms with Crippen LogP contribution >= 0.6 is 11.8 Å². The lowest BCUT2D eigenvalue weighted by atomic mass is 9.80. The quantitative estimate of drug-likeness (QED) is 0.775. The van der Waals surface area contributed by atoms with Gasteiger partial charge in [-0.3, -0.25) is 4.79 Å². The van der Waals surface area contributed by atoms with Gasteiger partial charge in [0.1, 0.15) is 5.82 Å². The van der Waals surface area contributed by atoms with Crippen molar-refractivity contribution in [2.45, 2.75) is 55.3 Å². The lowest BCUT2D eigenvalue weighted by molar-refractivity contribution is -0.133. The van der Waals surface area contributed by atoms with Crippen LogP contribution in [-0.2, 0) is 16.1 Å². The second-order valence-corrected chi connectivity index (χ2v) is 6.57. The summed E-state index contributed by atoms with van der Waals surface area (Å²) in [5.41, 5.74) is -0.107. The summed E-state index contributed by atoms with van der Waals surface area (Å²) in [5, 5.41) is 18.0. The molecule has 0 saturated heterocycles. The van der Waals surface area contributed by atoms with E-state index in [0.29, 0.717) is 11.1 Å². The molecule has 0 spiro atoms. The van der Waals surface area contributed by atoms with Crippen molar-refractivity contribution in [1.82, 2.24) is 14.8 Å². The molecule has 1 aromatic rings. The highest BCUT2D eigenvalue weighted by Gasteiger charge is 2.40. The number of methoxy groups -OCH3 is 1. The fourth-order valence-corrected chi connectivity index (χ4v) is 3.28. The lowest BCUT2D eigenvalue weighted by Gasteiger charge is -2.41. The van der Waals surface area contributed by atoms with Crippen LogP contribution in [0, 0.1) is 0 Å². The Morgan fingerprint density at radius 2 is 2.25 bits per heavy atom. The minimum absolute atomic E-state index is 0.0166. The van der Waals surface area contributed by atoms with E-state index in [4.69, 9.17) is 9.84 Å². The molecule has 2 aliphatic carbocycles. The van der Waals surface area contributed by atoms with E-state index in [1.165, 1.54) is 18.2 Å². The summed E-state index contributed by atoms with van der Waals surface area (Å²) in [7, 11) is 1.75. The van der Waals surface area contributed by atoms with Gasteiger partial charge >= 0.3 is 5.97 Å². The van der Waals surface area contributed by atoms with Crippen LogP contribution in [0.4, 0.5) is 0 Å². The highest BCUT2D eigenvalue weighted by atomic mass is 32.2. The van der Waals surface area contributed by atoms with Crippen LogP contribution in [0.5, 0.6) is 0 Å². The van der Waals surface area contributed by atoms with Crippen LogP contribution in [-0.4, -0.2) is 44.3 Å². The molecule has 3 rings (SSSR count). The number of ether oxygens (including phenoxy) is 1. The van der Waals surface area contributed by atoms with Gasteiger partial charge in [0.25, 0.3) is 0 Å². The third-order valence-corrected chi connectivity index (χ3v) is 5.11. The number of carbonyl (C=O) groups is 1. The van der Waals surface area contributed by atoms with E-state index in [-0.39, 0.29) is 11.4 Å². The van der Waals surface area contributed by atoms with Gasteiger partial charge in [0, 0.05) is 13.0 Å². The fraction of sp³-hybridized carbons (Fsp3) is 0.769. The van der Waals surface area contributed by atoms with Crippen LogP contribution in [0.3, 0.4) is 0 Å². The molecule has 1 aromatic heterocycles. The first-order valence-electron chi connectivity index (χ1n) is 6.96. The highest BCUT2D eigenvalue weighted by molar-refractivity contribution is 7.99. The number of nitrogens with zero attached hydrogens (tertiary/aromatic N) is 3. The SMILES string of the molecule is COC1(Cn2c(SCC(=O)O)nnc2C2CC2)CCC1. The van der Waals surface area contributed by atoms with Crippen molar-refractivity contribution in [3.8, 4) is 0 Å². The summed E-state index contributed by atoms with van der Waals surface area (Å²) in [6, 6.07) is 0. The molecule has 0 unspecified atom stereocenters. The number of thioether (sulfide) groups is 1. The van der Waals surface area contributed by atoms with E-state index in [1.54, 1.807) is 7.11 Å². The average Bonchev–Trinajstić information content (AvgIpc) is 3.14. The third kappa shape index (κ3) is 2.69. The number of aliphatic carboxylic acids is 1. The molecular formula is C13H19N3O3S. The number of hydrogen-bond acceptors (Lipinski definition) is 5. The molecule has 0 aliphatic heterocycles. The second kappa shape index (κ2) is 5.37. The zero-order valence-electron chi connectivity index (χ0n) is 11.5. The molecule has 1 heterocycles. The first-order valence-corrected chi connectivity index (χ1v) is 7.95. The Hall–Kier alpha value is -1.08. The summed E-state index contributed by atoms with van der Waals surface area (Å²) in [6.45, 7) is 0.740. The predicted octanol–water partition coefficient (Wildman–Crippen LogP) is 1.90. The second-order valence-electron chi connectivity index (χ2n) is 5.62. The van der Waals surface area contributed by atoms with Gasteiger partial charge in [-0.2, -0.15) is 0 Å². The Morgan fingerprint density at radius 1 is 1.50 bits per heavy atom. The van der Waals surface area contributed by atoms with Crippen LogP contribution in [0.2, 0.25) is 0 Å². The van der Waals surface area contributed by atoms with Gasteiger partial charge in [0.05, 0.1) is 17.9 Å². The molecule has 0 amide bonds. The standard InChI is InChI=1S/C13H19N3O3S/c1-19-13(5-2-6-13)8-16-11(9-3-4-9)14-15-12(16)20-7-10(17)18/h9H,2-8H2,1H3,(H,17,18).